The van der Waals surface area contributed by atoms with Crippen LogP contribution in [-0.2, 0) is 5.75 Å². The van der Waals surface area contributed by atoms with Gasteiger partial charge >= 0.3 is 0 Å². The van der Waals surface area contributed by atoms with Gasteiger partial charge in [-0.15, -0.1) is 20.4 Å². The molecule has 1 saturated carbocycles. The lowest BCUT2D eigenvalue weighted by Gasteiger charge is -1.92. The molecule has 0 bridgehead atoms. The molecule has 0 unspecified atom stereocenters. The lowest BCUT2D eigenvalue weighted by Crippen LogP contribution is -1.80. The highest BCUT2D eigenvalue weighted by atomic mass is 32.2. The number of rotatable bonds is 5. The number of hydrogen-bond donors (Lipinski definition) is 0. The fourth-order valence-electron chi connectivity index (χ4n) is 1.91. The second-order valence-corrected chi connectivity index (χ2v) is 5.76. The fourth-order valence-corrected chi connectivity index (χ4v) is 2.51. The maximum Gasteiger partial charge on any atom is 0.277 e. The van der Waals surface area contributed by atoms with E-state index >= 15 is 0 Å². The van der Waals surface area contributed by atoms with Crippen molar-refractivity contribution >= 4 is 11.8 Å². The molecule has 21 heavy (non-hydrogen) atoms. The van der Waals surface area contributed by atoms with Crippen LogP contribution in [0.15, 0.2) is 44.4 Å². The van der Waals surface area contributed by atoms with E-state index in [1.54, 1.807) is 0 Å². The van der Waals surface area contributed by atoms with Gasteiger partial charge in [-0.05, 0) is 25.0 Å². The standard InChI is InChI=1S/C14H12N4O2S/c1-2-4-9(5-3-1)12-16-15-11(19-12)8-21-14-18-17-13(20-14)10-6-7-10/h1-5,10H,6-8H2. The van der Waals surface area contributed by atoms with E-state index in [4.69, 9.17) is 8.83 Å². The van der Waals surface area contributed by atoms with Gasteiger partial charge in [0, 0.05) is 11.5 Å². The highest BCUT2D eigenvalue weighted by molar-refractivity contribution is 7.98. The van der Waals surface area contributed by atoms with E-state index in [0.29, 0.717) is 28.7 Å². The zero-order valence-electron chi connectivity index (χ0n) is 11.1. The molecule has 1 aliphatic carbocycles. The molecule has 7 heteroatoms. The Kier molecular flexibility index (Phi) is 3.19. The summed E-state index contributed by atoms with van der Waals surface area (Å²) in [5, 5.41) is 16.7. The molecule has 2 aromatic heterocycles. The zero-order chi connectivity index (χ0) is 14.1. The molecule has 6 nitrogen and oxygen atoms in total. The van der Waals surface area contributed by atoms with Crippen molar-refractivity contribution < 1.29 is 8.83 Å². The molecule has 106 valence electrons. The van der Waals surface area contributed by atoms with E-state index in [1.807, 2.05) is 30.3 Å². The van der Waals surface area contributed by atoms with Crippen molar-refractivity contribution in [3.05, 3.63) is 42.1 Å². The average Bonchev–Trinajstić information content (AvgIpc) is 3.09. The molecule has 0 saturated heterocycles. The summed E-state index contributed by atoms with van der Waals surface area (Å²) >= 11 is 1.41. The van der Waals surface area contributed by atoms with Crippen molar-refractivity contribution in [3.63, 3.8) is 0 Å². The number of benzene rings is 1. The number of aromatic nitrogens is 4. The first-order valence-corrected chi connectivity index (χ1v) is 7.71. The quantitative estimate of drug-likeness (QED) is 0.669. The Morgan fingerprint density at radius 3 is 2.67 bits per heavy atom. The predicted molar refractivity (Wildman–Crippen MR) is 75.6 cm³/mol. The minimum atomic E-state index is 0.472. The number of thioether (sulfide) groups is 1. The molecule has 0 atom stereocenters. The largest absolute Gasteiger partial charge is 0.420 e. The Morgan fingerprint density at radius 2 is 1.86 bits per heavy atom. The van der Waals surface area contributed by atoms with E-state index in [-0.39, 0.29) is 0 Å². The van der Waals surface area contributed by atoms with Crippen LogP contribution in [0.2, 0.25) is 0 Å². The van der Waals surface area contributed by atoms with Crippen molar-refractivity contribution in [3.8, 4) is 11.5 Å². The normalized spacial score (nSPS) is 14.5. The van der Waals surface area contributed by atoms with Gasteiger partial charge in [-0.1, -0.05) is 30.0 Å². The summed E-state index contributed by atoms with van der Waals surface area (Å²) in [6.07, 6.45) is 2.30. The summed E-state index contributed by atoms with van der Waals surface area (Å²) in [7, 11) is 0. The third-order valence-corrected chi connectivity index (χ3v) is 3.96. The lowest BCUT2D eigenvalue weighted by molar-refractivity contribution is 0.413. The maximum absolute atomic E-state index is 5.63. The van der Waals surface area contributed by atoms with Gasteiger partial charge in [0.2, 0.25) is 17.7 Å². The molecule has 0 N–H and O–H groups in total. The lowest BCUT2D eigenvalue weighted by atomic mass is 10.2. The highest BCUT2D eigenvalue weighted by Crippen LogP contribution is 2.40. The first kappa shape index (κ1) is 12.6. The first-order chi connectivity index (χ1) is 10.4. The van der Waals surface area contributed by atoms with Gasteiger partial charge in [0.05, 0.1) is 5.75 Å². The average molecular weight is 300 g/mol. The van der Waals surface area contributed by atoms with Gasteiger partial charge in [-0.2, -0.15) is 0 Å². The summed E-state index contributed by atoms with van der Waals surface area (Å²) in [5.74, 6) is 2.81. The third-order valence-electron chi connectivity index (χ3n) is 3.16. The van der Waals surface area contributed by atoms with Crippen molar-refractivity contribution in [1.29, 1.82) is 0 Å². The molecular weight excluding hydrogens is 288 g/mol. The first-order valence-electron chi connectivity index (χ1n) is 6.72. The van der Waals surface area contributed by atoms with Gasteiger partial charge in [-0.25, -0.2) is 0 Å². The summed E-state index contributed by atoms with van der Waals surface area (Å²) in [4.78, 5) is 0. The monoisotopic (exact) mass is 300 g/mol. The van der Waals surface area contributed by atoms with Crippen LogP contribution in [0.1, 0.15) is 30.5 Å². The molecule has 0 aliphatic heterocycles. The Balaban J connectivity index is 1.41. The molecular formula is C14H12N4O2S. The topological polar surface area (TPSA) is 77.8 Å². The van der Waals surface area contributed by atoms with Crippen LogP contribution in [0.3, 0.4) is 0 Å². The smallest absolute Gasteiger partial charge is 0.277 e. The maximum atomic E-state index is 5.63. The molecule has 2 heterocycles. The van der Waals surface area contributed by atoms with Gasteiger partial charge in [-0.3, -0.25) is 0 Å². The molecule has 1 aliphatic rings. The highest BCUT2D eigenvalue weighted by Gasteiger charge is 2.29. The Labute approximate surface area is 125 Å². The summed E-state index contributed by atoms with van der Waals surface area (Å²) in [6.45, 7) is 0. The van der Waals surface area contributed by atoms with E-state index in [0.717, 1.165) is 24.3 Å². The zero-order valence-corrected chi connectivity index (χ0v) is 11.9. The van der Waals surface area contributed by atoms with Crippen molar-refractivity contribution in [2.45, 2.75) is 29.7 Å². The van der Waals surface area contributed by atoms with Crippen LogP contribution >= 0.6 is 11.8 Å². The van der Waals surface area contributed by atoms with Crippen molar-refractivity contribution in [1.82, 2.24) is 20.4 Å². The SMILES string of the molecule is c1ccc(-c2nnc(CSc3nnc(C4CC4)o3)o2)cc1. The molecule has 3 aromatic rings. The van der Waals surface area contributed by atoms with Crippen LogP contribution in [0.4, 0.5) is 0 Å². The van der Waals surface area contributed by atoms with E-state index in [9.17, 15) is 0 Å². The summed E-state index contributed by atoms with van der Waals surface area (Å²) in [6, 6.07) is 9.69. The predicted octanol–water partition coefficient (Wildman–Crippen LogP) is 3.29. The number of hydrogen-bond acceptors (Lipinski definition) is 7. The Morgan fingerprint density at radius 1 is 1.00 bits per heavy atom. The molecule has 0 amide bonds. The van der Waals surface area contributed by atoms with Crippen molar-refractivity contribution in [2.24, 2.45) is 0 Å². The minimum Gasteiger partial charge on any atom is -0.420 e. The fraction of sp³-hybridized carbons (Fsp3) is 0.286. The van der Waals surface area contributed by atoms with Crippen LogP contribution < -0.4 is 0 Å². The van der Waals surface area contributed by atoms with Crippen LogP contribution in [0.5, 0.6) is 0 Å². The summed E-state index contributed by atoms with van der Waals surface area (Å²) < 4.78 is 11.2. The number of nitrogens with zero attached hydrogens (tertiary/aromatic N) is 4. The van der Waals surface area contributed by atoms with Crippen molar-refractivity contribution in [2.75, 3.05) is 0 Å². The van der Waals surface area contributed by atoms with Crippen LogP contribution in [0.25, 0.3) is 11.5 Å². The van der Waals surface area contributed by atoms with Gasteiger partial charge in [0.25, 0.3) is 5.22 Å². The molecule has 4 rings (SSSR count). The van der Waals surface area contributed by atoms with Crippen LogP contribution in [0, 0.1) is 0 Å². The van der Waals surface area contributed by atoms with E-state index < -0.39 is 0 Å². The Bertz CT molecular complexity index is 736. The van der Waals surface area contributed by atoms with E-state index in [2.05, 4.69) is 20.4 Å². The third kappa shape index (κ3) is 2.82. The molecule has 1 fully saturated rings. The van der Waals surface area contributed by atoms with Gasteiger partial charge < -0.3 is 8.83 Å². The molecule has 0 radical (unpaired) electrons. The minimum absolute atomic E-state index is 0.472. The molecule has 0 spiro atoms. The second kappa shape index (κ2) is 5.33. The Hall–Kier alpha value is -2.15. The summed E-state index contributed by atoms with van der Waals surface area (Å²) in [5.41, 5.74) is 0.912. The van der Waals surface area contributed by atoms with Gasteiger partial charge in [0.15, 0.2) is 0 Å². The van der Waals surface area contributed by atoms with Crippen LogP contribution in [-0.4, -0.2) is 20.4 Å². The molecule has 1 aromatic carbocycles. The van der Waals surface area contributed by atoms with Gasteiger partial charge in [0.1, 0.15) is 0 Å². The van der Waals surface area contributed by atoms with E-state index in [1.165, 1.54) is 11.8 Å². The second-order valence-electron chi connectivity index (χ2n) is 4.84.